The maximum Gasteiger partial charge on any atom is 0.255 e. The molecule has 1 amide bonds. The zero-order chi connectivity index (χ0) is 18.4. The van der Waals surface area contributed by atoms with Crippen molar-refractivity contribution in [3.63, 3.8) is 0 Å². The minimum atomic E-state index is -0.0625. The minimum absolute atomic E-state index is 0.00901. The largest absolute Gasteiger partial charge is 0.367 e. The van der Waals surface area contributed by atoms with Gasteiger partial charge in [-0.3, -0.25) is 9.59 Å². The van der Waals surface area contributed by atoms with E-state index in [9.17, 15) is 9.59 Å². The minimum Gasteiger partial charge on any atom is -0.367 e. The molecule has 3 atom stereocenters. The van der Waals surface area contributed by atoms with Gasteiger partial charge in [-0.1, -0.05) is 0 Å². The molecule has 0 bridgehead atoms. The molecular formula is C19H23N5O2. The first-order valence-corrected chi connectivity index (χ1v) is 8.95. The molecule has 136 valence electrons. The molecule has 0 spiro atoms. The van der Waals surface area contributed by atoms with E-state index in [2.05, 4.69) is 15.3 Å². The van der Waals surface area contributed by atoms with E-state index >= 15 is 0 Å². The van der Waals surface area contributed by atoms with Crippen molar-refractivity contribution < 1.29 is 4.79 Å². The summed E-state index contributed by atoms with van der Waals surface area (Å²) < 4.78 is 1.48. The van der Waals surface area contributed by atoms with Gasteiger partial charge in [0.1, 0.15) is 11.6 Å². The van der Waals surface area contributed by atoms with Gasteiger partial charge in [-0.25, -0.2) is 9.97 Å². The zero-order valence-corrected chi connectivity index (χ0v) is 15.3. The lowest BCUT2D eigenvalue weighted by Crippen LogP contribution is -2.45. The molecule has 7 heteroatoms. The molecule has 1 saturated heterocycles. The molecule has 7 nitrogen and oxygen atoms in total. The molecule has 0 aromatic carbocycles. The second-order valence-electron chi connectivity index (χ2n) is 7.44. The van der Waals surface area contributed by atoms with Crippen molar-refractivity contribution in [2.75, 3.05) is 18.4 Å². The van der Waals surface area contributed by atoms with Gasteiger partial charge in [-0.15, -0.1) is 0 Å². The van der Waals surface area contributed by atoms with Crippen molar-refractivity contribution >= 4 is 11.7 Å². The van der Waals surface area contributed by atoms with E-state index in [-0.39, 0.29) is 11.5 Å². The SMILES string of the molecule is Cc1nccc(NC2CC3CN(C(=O)c4cc(C)c(=O)n(C)c4)CC32)n1. The maximum absolute atomic E-state index is 12.9. The maximum atomic E-state index is 12.9. The number of pyridine rings is 1. The van der Waals surface area contributed by atoms with E-state index in [1.54, 1.807) is 32.4 Å². The average molecular weight is 353 g/mol. The molecule has 1 aliphatic carbocycles. The van der Waals surface area contributed by atoms with Gasteiger partial charge in [0.2, 0.25) is 0 Å². The molecule has 2 aromatic rings. The number of anilines is 1. The molecule has 0 radical (unpaired) electrons. The van der Waals surface area contributed by atoms with Gasteiger partial charge in [0.25, 0.3) is 11.5 Å². The van der Waals surface area contributed by atoms with Crippen LogP contribution in [0, 0.1) is 25.7 Å². The van der Waals surface area contributed by atoms with Crippen LogP contribution in [-0.4, -0.2) is 44.5 Å². The first-order chi connectivity index (χ1) is 12.4. The van der Waals surface area contributed by atoms with E-state index < -0.39 is 0 Å². The van der Waals surface area contributed by atoms with E-state index in [1.165, 1.54) is 4.57 Å². The first kappa shape index (κ1) is 16.8. The van der Waals surface area contributed by atoms with Crippen LogP contribution in [0.15, 0.2) is 29.3 Å². The summed E-state index contributed by atoms with van der Waals surface area (Å²) in [5, 5.41) is 3.48. The third kappa shape index (κ3) is 2.87. The number of rotatable bonds is 3. The number of carbonyl (C=O) groups excluding carboxylic acids is 1. The van der Waals surface area contributed by atoms with Crippen LogP contribution < -0.4 is 10.9 Å². The standard InChI is InChI=1S/C19H23N5O2/c1-11-6-14(8-23(3)18(11)25)19(26)24-9-13-7-16(15(13)10-24)22-17-4-5-20-12(2)21-17/h4-6,8,13,15-16H,7,9-10H2,1-3H3,(H,20,21,22). The first-order valence-electron chi connectivity index (χ1n) is 8.95. The molecule has 3 unspecified atom stereocenters. The fraction of sp³-hybridized carbons (Fsp3) is 0.474. The van der Waals surface area contributed by atoms with Crippen molar-refractivity contribution in [1.29, 1.82) is 0 Å². The summed E-state index contributed by atoms with van der Waals surface area (Å²) in [5.74, 6) is 2.59. The van der Waals surface area contributed by atoms with E-state index in [0.29, 0.717) is 29.0 Å². The second kappa shape index (κ2) is 6.23. The number of aromatic nitrogens is 3. The average Bonchev–Trinajstić information content (AvgIpc) is 2.94. The Labute approximate surface area is 152 Å². The van der Waals surface area contributed by atoms with Crippen LogP contribution in [0.25, 0.3) is 0 Å². The molecule has 1 aliphatic heterocycles. The Balaban J connectivity index is 1.44. The molecular weight excluding hydrogens is 330 g/mol. The van der Waals surface area contributed by atoms with Crippen LogP contribution in [0.5, 0.6) is 0 Å². The Morgan fingerprint density at radius 1 is 1.31 bits per heavy atom. The second-order valence-corrected chi connectivity index (χ2v) is 7.44. The molecule has 4 rings (SSSR count). The van der Waals surface area contributed by atoms with Crippen molar-refractivity contribution in [2.24, 2.45) is 18.9 Å². The monoisotopic (exact) mass is 353 g/mol. The van der Waals surface area contributed by atoms with Crippen LogP contribution in [0.3, 0.4) is 0 Å². The smallest absolute Gasteiger partial charge is 0.255 e. The molecule has 2 aromatic heterocycles. The van der Waals surface area contributed by atoms with E-state index in [1.807, 2.05) is 17.9 Å². The number of likely N-dealkylation sites (tertiary alicyclic amines) is 1. The highest BCUT2D eigenvalue weighted by Gasteiger charge is 2.48. The van der Waals surface area contributed by atoms with Crippen LogP contribution in [-0.2, 0) is 7.05 Å². The molecule has 2 fully saturated rings. The summed E-state index contributed by atoms with van der Waals surface area (Å²) in [4.78, 5) is 35.1. The summed E-state index contributed by atoms with van der Waals surface area (Å²) in [5.41, 5.74) is 1.12. The van der Waals surface area contributed by atoms with Gasteiger partial charge in [0, 0.05) is 50.1 Å². The topological polar surface area (TPSA) is 80.1 Å². The molecule has 3 heterocycles. The Hall–Kier alpha value is -2.70. The van der Waals surface area contributed by atoms with Crippen molar-refractivity contribution in [2.45, 2.75) is 26.3 Å². The molecule has 1 saturated carbocycles. The number of nitrogens with one attached hydrogen (secondary N) is 1. The number of carbonyl (C=O) groups is 1. The zero-order valence-electron chi connectivity index (χ0n) is 15.3. The van der Waals surface area contributed by atoms with Crippen molar-refractivity contribution in [3.05, 3.63) is 51.8 Å². The Kier molecular flexibility index (Phi) is 4.01. The Morgan fingerprint density at radius 2 is 2.12 bits per heavy atom. The van der Waals surface area contributed by atoms with Gasteiger partial charge in [-0.05, 0) is 38.3 Å². The van der Waals surface area contributed by atoms with Gasteiger partial charge < -0.3 is 14.8 Å². The van der Waals surface area contributed by atoms with E-state index in [0.717, 1.165) is 31.2 Å². The van der Waals surface area contributed by atoms with Crippen molar-refractivity contribution in [3.8, 4) is 0 Å². The summed E-state index contributed by atoms with van der Waals surface area (Å²) in [6.45, 7) is 5.15. The molecule has 2 aliphatic rings. The fourth-order valence-electron chi connectivity index (χ4n) is 4.14. The number of fused-ring (bicyclic) bond motifs is 1. The quantitative estimate of drug-likeness (QED) is 0.901. The van der Waals surface area contributed by atoms with Gasteiger partial charge in [0.05, 0.1) is 5.56 Å². The summed E-state index contributed by atoms with van der Waals surface area (Å²) in [7, 11) is 1.68. The lowest BCUT2D eigenvalue weighted by Gasteiger charge is -2.39. The number of amides is 1. The van der Waals surface area contributed by atoms with Gasteiger partial charge >= 0.3 is 0 Å². The molecule has 26 heavy (non-hydrogen) atoms. The predicted molar refractivity (Wildman–Crippen MR) is 98.1 cm³/mol. The number of aryl methyl sites for hydroxylation is 3. The third-order valence-corrected chi connectivity index (χ3v) is 5.57. The van der Waals surface area contributed by atoms with Crippen molar-refractivity contribution in [1.82, 2.24) is 19.4 Å². The number of hydrogen-bond acceptors (Lipinski definition) is 5. The van der Waals surface area contributed by atoms with E-state index in [4.69, 9.17) is 0 Å². The summed E-state index contributed by atoms with van der Waals surface area (Å²) >= 11 is 0. The van der Waals surface area contributed by atoms with Crippen LogP contribution in [0.4, 0.5) is 5.82 Å². The van der Waals surface area contributed by atoms with Crippen LogP contribution in [0.1, 0.15) is 28.2 Å². The number of nitrogens with zero attached hydrogens (tertiary/aromatic N) is 4. The predicted octanol–water partition coefficient (Wildman–Crippen LogP) is 1.36. The lowest BCUT2D eigenvalue weighted by atomic mass is 9.71. The van der Waals surface area contributed by atoms with Gasteiger partial charge in [0.15, 0.2) is 0 Å². The third-order valence-electron chi connectivity index (χ3n) is 5.57. The van der Waals surface area contributed by atoms with Crippen LogP contribution in [0.2, 0.25) is 0 Å². The highest BCUT2D eigenvalue weighted by molar-refractivity contribution is 5.94. The Bertz CT molecular complexity index is 896. The van der Waals surface area contributed by atoms with Crippen LogP contribution >= 0.6 is 0 Å². The highest BCUT2D eigenvalue weighted by atomic mass is 16.2. The summed E-state index contributed by atoms with van der Waals surface area (Å²) in [6, 6.07) is 3.92. The number of hydrogen-bond donors (Lipinski definition) is 1. The summed E-state index contributed by atoms with van der Waals surface area (Å²) in [6.07, 6.45) is 4.44. The molecule has 1 N–H and O–H groups in total. The highest BCUT2D eigenvalue weighted by Crippen LogP contribution is 2.42. The lowest BCUT2D eigenvalue weighted by molar-refractivity contribution is 0.0786. The Morgan fingerprint density at radius 3 is 2.85 bits per heavy atom. The normalized spacial score (nSPS) is 24.1. The fourth-order valence-corrected chi connectivity index (χ4v) is 4.14. The van der Waals surface area contributed by atoms with Gasteiger partial charge in [-0.2, -0.15) is 0 Å².